The molecule has 0 saturated carbocycles. The van der Waals surface area contributed by atoms with Gasteiger partial charge in [0.15, 0.2) is 0 Å². The van der Waals surface area contributed by atoms with E-state index in [4.69, 9.17) is 0 Å². The SMILES string of the molecule is Cn1ccc(C(=O)NS(=O)(=O)N2CCc3ccccc3C2)c1. The van der Waals surface area contributed by atoms with E-state index in [-0.39, 0.29) is 6.54 Å². The van der Waals surface area contributed by atoms with Crippen LogP contribution in [0, 0.1) is 0 Å². The van der Waals surface area contributed by atoms with E-state index in [2.05, 4.69) is 4.72 Å². The summed E-state index contributed by atoms with van der Waals surface area (Å²) in [6.07, 6.45) is 3.92. The summed E-state index contributed by atoms with van der Waals surface area (Å²) in [6.45, 7) is 0.655. The molecule has 0 aliphatic carbocycles. The van der Waals surface area contributed by atoms with Gasteiger partial charge in [0, 0.05) is 32.5 Å². The number of aromatic nitrogens is 1. The van der Waals surface area contributed by atoms with Gasteiger partial charge in [-0.05, 0) is 23.6 Å². The van der Waals surface area contributed by atoms with Crippen molar-refractivity contribution in [3.8, 4) is 0 Å². The van der Waals surface area contributed by atoms with Gasteiger partial charge in [0.2, 0.25) is 0 Å². The third-order valence-corrected chi connectivity index (χ3v) is 5.19. The number of nitrogens with one attached hydrogen (secondary N) is 1. The van der Waals surface area contributed by atoms with Crippen LogP contribution in [0.2, 0.25) is 0 Å². The zero-order chi connectivity index (χ0) is 15.7. The van der Waals surface area contributed by atoms with Gasteiger partial charge >= 0.3 is 10.2 Å². The van der Waals surface area contributed by atoms with Crippen LogP contribution in [-0.2, 0) is 30.2 Å². The van der Waals surface area contributed by atoms with Crippen molar-refractivity contribution >= 4 is 16.1 Å². The van der Waals surface area contributed by atoms with Crippen molar-refractivity contribution in [3.05, 3.63) is 59.4 Å². The molecule has 7 heteroatoms. The van der Waals surface area contributed by atoms with Crippen molar-refractivity contribution in [1.29, 1.82) is 0 Å². The highest BCUT2D eigenvalue weighted by atomic mass is 32.2. The molecule has 0 radical (unpaired) electrons. The van der Waals surface area contributed by atoms with E-state index in [1.807, 2.05) is 24.3 Å². The molecule has 2 heterocycles. The van der Waals surface area contributed by atoms with Crippen LogP contribution >= 0.6 is 0 Å². The van der Waals surface area contributed by atoms with Crippen LogP contribution in [0.4, 0.5) is 0 Å². The highest BCUT2D eigenvalue weighted by Gasteiger charge is 2.28. The van der Waals surface area contributed by atoms with Crippen molar-refractivity contribution in [3.63, 3.8) is 0 Å². The van der Waals surface area contributed by atoms with Crippen molar-refractivity contribution in [1.82, 2.24) is 13.6 Å². The predicted octanol–water partition coefficient (Wildman–Crippen LogP) is 1.06. The summed E-state index contributed by atoms with van der Waals surface area (Å²) in [5.41, 5.74) is 2.46. The van der Waals surface area contributed by atoms with Gasteiger partial charge in [-0.15, -0.1) is 0 Å². The molecule has 3 rings (SSSR count). The van der Waals surface area contributed by atoms with Gasteiger partial charge in [-0.3, -0.25) is 4.79 Å². The fourth-order valence-corrected chi connectivity index (χ4v) is 3.68. The lowest BCUT2D eigenvalue weighted by atomic mass is 10.0. The second kappa shape index (κ2) is 5.58. The third kappa shape index (κ3) is 2.90. The number of fused-ring (bicyclic) bond motifs is 1. The van der Waals surface area contributed by atoms with Crippen LogP contribution in [0.15, 0.2) is 42.7 Å². The van der Waals surface area contributed by atoms with Gasteiger partial charge in [0.25, 0.3) is 5.91 Å². The van der Waals surface area contributed by atoms with E-state index in [9.17, 15) is 13.2 Å². The molecule has 0 fully saturated rings. The number of hydrogen-bond acceptors (Lipinski definition) is 3. The fraction of sp³-hybridized carbons (Fsp3) is 0.267. The van der Waals surface area contributed by atoms with Gasteiger partial charge < -0.3 is 4.57 Å². The zero-order valence-corrected chi connectivity index (χ0v) is 13.0. The van der Waals surface area contributed by atoms with Gasteiger partial charge in [0.1, 0.15) is 0 Å². The largest absolute Gasteiger partial charge is 0.356 e. The topological polar surface area (TPSA) is 71.4 Å². The Bertz CT molecular complexity index is 811. The van der Waals surface area contributed by atoms with Crippen LogP contribution < -0.4 is 4.72 Å². The summed E-state index contributed by atoms with van der Waals surface area (Å²) >= 11 is 0. The van der Waals surface area contributed by atoms with Gasteiger partial charge in [0.05, 0.1) is 5.56 Å². The molecule has 1 aromatic heterocycles. The molecule has 1 aromatic carbocycles. The minimum Gasteiger partial charge on any atom is -0.356 e. The first kappa shape index (κ1) is 14.8. The van der Waals surface area contributed by atoms with Crippen LogP contribution in [0.25, 0.3) is 0 Å². The van der Waals surface area contributed by atoms with Crippen LogP contribution in [0.5, 0.6) is 0 Å². The van der Waals surface area contributed by atoms with Crippen LogP contribution in [0.1, 0.15) is 21.5 Å². The number of amides is 1. The molecule has 116 valence electrons. The standard InChI is InChI=1S/C15H17N3O3S/c1-17-8-6-14(10-17)15(19)16-22(20,21)18-9-7-12-4-2-3-5-13(12)11-18/h2-6,8,10H,7,9,11H2,1H3,(H,16,19). The van der Waals surface area contributed by atoms with Crippen molar-refractivity contribution < 1.29 is 13.2 Å². The molecule has 0 unspecified atom stereocenters. The Morgan fingerprint density at radius 1 is 1.18 bits per heavy atom. The Morgan fingerprint density at radius 2 is 1.91 bits per heavy atom. The Morgan fingerprint density at radius 3 is 2.59 bits per heavy atom. The zero-order valence-electron chi connectivity index (χ0n) is 12.2. The van der Waals surface area contributed by atoms with E-state index >= 15 is 0 Å². The summed E-state index contributed by atoms with van der Waals surface area (Å²) in [5, 5.41) is 0. The average Bonchev–Trinajstić information content (AvgIpc) is 2.93. The number of hydrogen-bond donors (Lipinski definition) is 1. The summed E-state index contributed by atoms with van der Waals surface area (Å²) in [7, 11) is -2.07. The van der Waals surface area contributed by atoms with Gasteiger partial charge in [-0.25, -0.2) is 4.72 Å². The third-order valence-electron chi connectivity index (χ3n) is 3.75. The molecule has 0 spiro atoms. The molecule has 1 amide bonds. The number of carbonyl (C=O) groups excluding carboxylic acids is 1. The Hall–Kier alpha value is -2.12. The second-order valence-electron chi connectivity index (χ2n) is 5.35. The molecule has 2 aromatic rings. The number of rotatable bonds is 3. The summed E-state index contributed by atoms with van der Waals surface area (Å²) in [4.78, 5) is 12.0. The first-order valence-electron chi connectivity index (χ1n) is 6.97. The number of benzene rings is 1. The van der Waals surface area contributed by atoms with Crippen LogP contribution in [0.3, 0.4) is 0 Å². The van der Waals surface area contributed by atoms with E-state index < -0.39 is 16.1 Å². The maximum absolute atomic E-state index is 12.4. The molecule has 22 heavy (non-hydrogen) atoms. The molecule has 0 saturated heterocycles. The molecule has 1 aliphatic rings. The number of carbonyl (C=O) groups is 1. The smallest absolute Gasteiger partial charge is 0.304 e. The van der Waals surface area contributed by atoms with E-state index in [0.717, 1.165) is 11.1 Å². The average molecular weight is 319 g/mol. The Balaban J connectivity index is 1.75. The van der Waals surface area contributed by atoms with Gasteiger partial charge in [-0.1, -0.05) is 24.3 Å². The molecule has 1 aliphatic heterocycles. The van der Waals surface area contributed by atoms with Gasteiger partial charge in [-0.2, -0.15) is 12.7 Å². The van der Waals surface area contributed by atoms with E-state index in [1.165, 1.54) is 4.31 Å². The fourth-order valence-electron chi connectivity index (χ4n) is 2.55. The number of aryl methyl sites for hydroxylation is 1. The predicted molar refractivity (Wildman–Crippen MR) is 82.4 cm³/mol. The second-order valence-corrected chi connectivity index (χ2v) is 7.02. The van der Waals surface area contributed by atoms with Crippen molar-refractivity contribution in [2.24, 2.45) is 7.05 Å². The monoisotopic (exact) mass is 319 g/mol. The highest BCUT2D eigenvalue weighted by molar-refractivity contribution is 7.87. The molecule has 6 nitrogen and oxygen atoms in total. The molecular formula is C15H17N3O3S. The molecule has 1 N–H and O–H groups in total. The minimum atomic E-state index is -3.84. The normalized spacial score (nSPS) is 15.3. The number of nitrogens with zero attached hydrogens (tertiary/aromatic N) is 2. The van der Waals surface area contributed by atoms with E-state index in [1.54, 1.807) is 30.1 Å². The Labute approximate surface area is 129 Å². The first-order valence-corrected chi connectivity index (χ1v) is 8.41. The lowest BCUT2D eigenvalue weighted by molar-refractivity contribution is 0.0978. The molecule has 0 bridgehead atoms. The Kier molecular flexibility index (Phi) is 3.76. The lowest BCUT2D eigenvalue weighted by Crippen LogP contribution is -2.45. The maximum atomic E-state index is 12.4. The quantitative estimate of drug-likeness (QED) is 0.919. The maximum Gasteiger partial charge on any atom is 0.304 e. The molecule has 0 atom stereocenters. The first-order chi connectivity index (χ1) is 10.5. The summed E-state index contributed by atoms with van der Waals surface area (Å²) in [6, 6.07) is 9.33. The lowest BCUT2D eigenvalue weighted by Gasteiger charge is -2.27. The van der Waals surface area contributed by atoms with Crippen molar-refractivity contribution in [2.75, 3.05) is 6.54 Å². The summed E-state index contributed by atoms with van der Waals surface area (Å²) in [5.74, 6) is -0.612. The summed E-state index contributed by atoms with van der Waals surface area (Å²) < 4.78 is 29.9. The minimum absolute atomic E-state index is 0.285. The highest BCUT2D eigenvalue weighted by Crippen LogP contribution is 2.20. The van der Waals surface area contributed by atoms with Crippen LogP contribution in [-0.4, -0.2) is 29.7 Å². The van der Waals surface area contributed by atoms with Crippen molar-refractivity contribution in [2.45, 2.75) is 13.0 Å². The van der Waals surface area contributed by atoms with E-state index in [0.29, 0.717) is 18.5 Å². The molecular weight excluding hydrogens is 302 g/mol.